The van der Waals surface area contributed by atoms with Crippen molar-refractivity contribution in [3.63, 3.8) is 0 Å². The van der Waals surface area contributed by atoms with Crippen LogP contribution in [-0.4, -0.2) is 47.6 Å². The van der Waals surface area contributed by atoms with Crippen LogP contribution >= 0.6 is 0 Å². The fraction of sp³-hybridized carbons (Fsp3) is 0.172. The van der Waals surface area contributed by atoms with E-state index in [0.29, 0.717) is 0 Å². The number of piperazine rings is 1. The molecule has 0 aliphatic carbocycles. The lowest BCUT2D eigenvalue weighted by Crippen LogP contribution is -2.46. The van der Waals surface area contributed by atoms with Gasteiger partial charge in [0.1, 0.15) is 11.1 Å². The molecule has 0 N–H and O–H groups in total. The van der Waals surface area contributed by atoms with Crippen LogP contribution in [0, 0.1) is 0 Å². The largest absolute Gasteiger partial charge is 0.450 e. The van der Waals surface area contributed by atoms with Crippen molar-refractivity contribution >= 4 is 34.0 Å². The van der Waals surface area contributed by atoms with Gasteiger partial charge in [-0.2, -0.15) is 0 Å². The van der Waals surface area contributed by atoms with Crippen molar-refractivity contribution < 1.29 is 4.42 Å². The number of hydrogen-bond acceptors (Lipinski definition) is 5. The lowest BCUT2D eigenvalue weighted by atomic mass is 10.2. The van der Waals surface area contributed by atoms with E-state index in [1.54, 1.807) is 0 Å². The molecule has 1 aliphatic rings. The molecule has 6 rings (SSSR count). The topological polar surface area (TPSA) is 45.4 Å². The number of furan rings is 1. The standard InChI is InChI=1S/C29H26N4O/c1-3-10-22(11-4-1)12-9-17-32-18-20-33(21-19-32)29-27-26(24-15-7-8-16-25(24)34-27)30-28(31-29)23-13-5-2-6-14-23/h1-16H,17-21H2/b12-9+. The third-order valence-electron chi connectivity index (χ3n) is 6.38. The molecule has 0 atom stereocenters. The van der Waals surface area contributed by atoms with Gasteiger partial charge in [-0.25, -0.2) is 9.97 Å². The highest BCUT2D eigenvalue weighted by Gasteiger charge is 2.24. The monoisotopic (exact) mass is 446 g/mol. The minimum atomic E-state index is 0.739. The van der Waals surface area contributed by atoms with Crippen molar-refractivity contribution in [3.8, 4) is 11.4 Å². The van der Waals surface area contributed by atoms with Gasteiger partial charge in [0.2, 0.25) is 0 Å². The highest BCUT2D eigenvalue weighted by molar-refractivity contribution is 6.06. The summed E-state index contributed by atoms with van der Waals surface area (Å²) in [5.41, 5.74) is 4.76. The van der Waals surface area contributed by atoms with E-state index in [1.165, 1.54) is 5.56 Å². The summed E-state index contributed by atoms with van der Waals surface area (Å²) < 4.78 is 6.28. The number of fused-ring (bicyclic) bond motifs is 3. The normalized spacial score (nSPS) is 15.0. The Morgan fingerprint density at radius 1 is 0.765 bits per heavy atom. The molecule has 1 saturated heterocycles. The lowest BCUT2D eigenvalue weighted by Gasteiger charge is -2.34. The molecule has 3 heterocycles. The van der Waals surface area contributed by atoms with E-state index < -0.39 is 0 Å². The van der Waals surface area contributed by atoms with Gasteiger partial charge in [-0.05, 0) is 17.7 Å². The highest BCUT2D eigenvalue weighted by Crippen LogP contribution is 2.35. The molecule has 168 valence electrons. The van der Waals surface area contributed by atoms with Crippen LogP contribution in [0.3, 0.4) is 0 Å². The Morgan fingerprint density at radius 2 is 1.47 bits per heavy atom. The minimum Gasteiger partial charge on any atom is -0.450 e. The summed E-state index contributed by atoms with van der Waals surface area (Å²) in [4.78, 5) is 14.7. The Morgan fingerprint density at radius 3 is 2.26 bits per heavy atom. The Labute approximate surface area is 199 Å². The average Bonchev–Trinajstić information content (AvgIpc) is 3.28. The zero-order valence-electron chi connectivity index (χ0n) is 19.0. The van der Waals surface area contributed by atoms with Gasteiger partial charge in [0.25, 0.3) is 0 Å². The highest BCUT2D eigenvalue weighted by atomic mass is 16.3. The maximum absolute atomic E-state index is 6.28. The van der Waals surface area contributed by atoms with Gasteiger partial charge in [-0.1, -0.05) is 84.9 Å². The van der Waals surface area contributed by atoms with Crippen molar-refractivity contribution in [2.24, 2.45) is 0 Å². The summed E-state index contributed by atoms with van der Waals surface area (Å²) in [7, 11) is 0. The number of para-hydroxylation sites is 1. The summed E-state index contributed by atoms with van der Waals surface area (Å²) in [5, 5.41) is 1.03. The fourth-order valence-corrected chi connectivity index (χ4v) is 4.55. The Hall–Kier alpha value is -3.96. The molecule has 0 bridgehead atoms. The first kappa shape index (κ1) is 20.6. The van der Waals surface area contributed by atoms with E-state index in [4.69, 9.17) is 14.4 Å². The molecule has 5 aromatic rings. The Balaban J connectivity index is 1.28. The van der Waals surface area contributed by atoms with Crippen molar-refractivity contribution in [3.05, 3.63) is 96.6 Å². The van der Waals surface area contributed by atoms with Gasteiger partial charge < -0.3 is 9.32 Å². The quantitative estimate of drug-likeness (QED) is 0.337. The third kappa shape index (κ3) is 4.06. The second kappa shape index (κ2) is 9.12. The molecule has 1 aliphatic heterocycles. The molecular formula is C29H26N4O. The van der Waals surface area contributed by atoms with E-state index in [1.807, 2.05) is 42.5 Å². The zero-order valence-corrected chi connectivity index (χ0v) is 19.0. The molecule has 1 fully saturated rings. The van der Waals surface area contributed by atoms with Crippen molar-refractivity contribution in [1.82, 2.24) is 14.9 Å². The lowest BCUT2D eigenvalue weighted by molar-refractivity contribution is 0.283. The van der Waals surface area contributed by atoms with Gasteiger partial charge in [0, 0.05) is 43.7 Å². The Kier molecular flexibility index (Phi) is 5.53. The van der Waals surface area contributed by atoms with E-state index in [0.717, 1.165) is 72.0 Å². The molecule has 0 saturated carbocycles. The van der Waals surface area contributed by atoms with E-state index in [-0.39, 0.29) is 0 Å². The SMILES string of the molecule is C(=C\c1ccccc1)/CN1CCN(c2nc(-c3ccccc3)nc3c2oc2ccccc23)CC1. The maximum Gasteiger partial charge on any atom is 0.196 e. The molecule has 5 nitrogen and oxygen atoms in total. The van der Waals surface area contributed by atoms with Gasteiger partial charge >= 0.3 is 0 Å². The molecule has 2 aromatic heterocycles. The number of rotatable bonds is 5. The van der Waals surface area contributed by atoms with Gasteiger partial charge in [0.05, 0.1) is 0 Å². The van der Waals surface area contributed by atoms with Crippen LogP contribution < -0.4 is 4.90 Å². The summed E-state index contributed by atoms with van der Waals surface area (Å²) in [5.74, 6) is 1.63. The molecular weight excluding hydrogens is 420 g/mol. The Bertz CT molecular complexity index is 1440. The van der Waals surface area contributed by atoms with E-state index in [2.05, 4.69) is 64.4 Å². The van der Waals surface area contributed by atoms with Crippen LogP contribution in [0.15, 0.2) is 95.4 Å². The third-order valence-corrected chi connectivity index (χ3v) is 6.38. The van der Waals surface area contributed by atoms with Crippen molar-refractivity contribution in [1.29, 1.82) is 0 Å². The summed E-state index contributed by atoms with van der Waals surface area (Å²) >= 11 is 0. The predicted molar refractivity (Wildman–Crippen MR) is 139 cm³/mol. The first-order chi connectivity index (χ1) is 16.8. The van der Waals surface area contributed by atoms with Crippen LogP contribution in [0.5, 0.6) is 0 Å². The molecule has 0 radical (unpaired) electrons. The molecule has 0 unspecified atom stereocenters. The van der Waals surface area contributed by atoms with E-state index in [9.17, 15) is 0 Å². The van der Waals surface area contributed by atoms with Crippen LogP contribution in [0.1, 0.15) is 5.56 Å². The average molecular weight is 447 g/mol. The summed E-state index contributed by atoms with van der Waals surface area (Å²) in [6, 6.07) is 28.7. The smallest absolute Gasteiger partial charge is 0.196 e. The van der Waals surface area contributed by atoms with Gasteiger partial charge in [0.15, 0.2) is 17.2 Å². The number of anilines is 1. The van der Waals surface area contributed by atoms with Crippen LogP contribution in [0.2, 0.25) is 0 Å². The molecule has 34 heavy (non-hydrogen) atoms. The zero-order chi connectivity index (χ0) is 22.7. The number of nitrogens with zero attached hydrogens (tertiary/aromatic N) is 4. The van der Waals surface area contributed by atoms with Gasteiger partial charge in [-0.15, -0.1) is 0 Å². The number of aromatic nitrogens is 2. The second-order valence-corrected chi connectivity index (χ2v) is 8.61. The van der Waals surface area contributed by atoms with Crippen molar-refractivity contribution in [2.75, 3.05) is 37.6 Å². The first-order valence-corrected chi connectivity index (χ1v) is 11.8. The molecule has 0 spiro atoms. The van der Waals surface area contributed by atoms with Gasteiger partial charge in [-0.3, -0.25) is 4.90 Å². The second-order valence-electron chi connectivity index (χ2n) is 8.61. The number of benzene rings is 3. The van der Waals surface area contributed by atoms with Crippen molar-refractivity contribution in [2.45, 2.75) is 0 Å². The summed E-state index contributed by atoms with van der Waals surface area (Å²) in [6.07, 6.45) is 4.45. The first-order valence-electron chi connectivity index (χ1n) is 11.8. The van der Waals surface area contributed by atoms with Crippen LogP contribution in [-0.2, 0) is 0 Å². The van der Waals surface area contributed by atoms with Crippen LogP contribution in [0.4, 0.5) is 5.82 Å². The molecule has 3 aromatic carbocycles. The number of hydrogen-bond donors (Lipinski definition) is 0. The molecule has 0 amide bonds. The molecule has 5 heteroatoms. The summed E-state index contributed by atoms with van der Waals surface area (Å²) in [6.45, 7) is 4.70. The van der Waals surface area contributed by atoms with E-state index >= 15 is 0 Å². The predicted octanol–water partition coefficient (Wildman–Crippen LogP) is 5.88. The van der Waals surface area contributed by atoms with Crippen LogP contribution in [0.25, 0.3) is 39.5 Å². The fourth-order valence-electron chi connectivity index (χ4n) is 4.55. The maximum atomic E-state index is 6.28. The minimum absolute atomic E-state index is 0.739.